The first kappa shape index (κ1) is 18.5. The van der Waals surface area contributed by atoms with Crippen molar-refractivity contribution in [2.24, 2.45) is 0 Å². The summed E-state index contributed by atoms with van der Waals surface area (Å²) in [7, 11) is -4.15. The Morgan fingerprint density at radius 2 is 1.84 bits per heavy atom. The van der Waals surface area contributed by atoms with Crippen LogP contribution in [0, 0.1) is 13.1 Å². The summed E-state index contributed by atoms with van der Waals surface area (Å²) in [6, 6.07) is 4.86. The summed E-state index contributed by atoms with van der Waals surface area (Å²) in [5, 5.41) is 0. The average Bonchev–Trinajstić information content (AvgIpc) is 2.33. The minimum Gasteiger partial charge on any atom is -0.748 e. The SMILES string of the molecule is [C-]#[N+]c1ccc(SCCCS(=O)(=O)[O-])cc1[N+]#[C-].[Na+]. The summed E-state index contributed by atoms with van der Waals surface area (Å²) in [5.74, 6) is 0.103. The zero-order valence-corrected chi connectivity index (χ0v) is 13.9. The molecule has 0 saturated heterocycles. The van der Waals surface area contributed by atoms with Crippen molar-refractivity contribution in [1.82, 2.24) is 0 Å². The van der Waals surface area contributed by atoms with Crippen molar-refractivity contribution in [3.05, 3.63) is 41.0 Å². The molecule has 0 N–H and O–H groups in total. The van der Waals surface area contributed by atoms with E-state index >= 15 is 0 Å². The summed E-state index contributed by atoms with van der Waals surface area (Å²) >= 11 is 1.36. The van der Waals surface area contributed by atoms with Gasteiger partial charge in [0, 0.05) is 5.75 Å². The summed E-state index contributed by atoms with van der Waals surface area (Å²) in [5.41, 5.74) is 0.586. The van der Waals surface area contributed by atoms with E-state index in [1.54, 1.807) is 18.2 Å². The number of hydrogen-bond acceptors (Lipinski definition) is 4. The normalized spacial score (nSPS) is 10.1. The molecule has 0 unspecified atom stereocenters. The van der Waals surface area contributed by atoms with Crippen molar-refractivity contribution in [2.45, 2.75) is 11.3 Å². The third-order valence-electron chi connectivity index (χ3n) is 2.00. The quantitative estimate of drug-likeness (QED) is 0.249. The van der Waals surface area contributed by atoms with Gasteiger partial charge < -0.3 is 4.55 Å². The van der Waals surface area contributed by atoms with Gasteiger partial charge in [0.2, 0.25) is 0 Å². The maximum atomic E-state index is 10.4. The molecule has 5 nitrogen and oxygen atoms in total. The Bertz CT molecular complexity index is 618. The Morgan fingerprint density at radius 1 is 1.21 bits per heavy atom. The van der Waals surface area contributed by atoms with E-state index in [9.17, 15) is 13.0 Å². The standard InChI is InChI=1S/C11H10N2O3S2.Na/c1-12-10-5-4-9(8-11(10)13-2)17-6-3-7-18(14,15)16;/h4-5,8H,3,6-7H2,(H,14,15,16);/q;+1/p-1. The fourth-order valence-corrected chi connectivity index (χ4v) is 2.77. The molecule has 0 bridgehead atoms. The van der Waals surface area contributed by atoms with Gasteiger partial charge in [-0.15, -0.1) is 11.8 Å². The van der Waals surface area contributed by atoms with Crippen LogP contribution in [0.4, 0.5) is 11.4 Å². The molecule has 1 aromatic rings. The zero-order chi connectivity index (χ0) is 13.6. The Labute approximate surface area is 139 Å². The van der Waals surface area contributed by atoms with Crippen LogP contribution in [0.15, 0.2) is 23.1 Å². The zero-order valence-electron chi connectivity index (χ0n) is 10.3. The fourth-order valence-electron chi connectivity index (χ4n) is 1.20. The maximum Gasteiger partial charge on any atom is 1.00 e. The molecule has 0 aliphatic carbocycles. The van der Waals surface area contributed by atoms with Gasteiger partial charge in [-0.3, -0.25) is 9.69 Å². The minimum absolute atomic E-state index is 0. The van der Waals surface area contributed by atoms with Gasteiger partial charge >= 0.3 is 29.6 Å². The molecular formula is C11H9N2NaO3S2. The molecule has 94 valence electrons. The topological polar surface area (TPSA) is 65.9 Å². The second-order valence-corrected chi connectivity index (χ2v) is 6.03. The molecule has 19 heavy (non-hydrogen) atoms. The van der Waals surface area contributed by atoms with Crippen LogP contribution in [0.3, 0.4) is 0 Å². The van der Waals surface area contributed by atoms with E-state index in [2.05, 4.69) is 9.69 Å². The molecule has 8 heteroatoms. The van der Waals surface area contributed by atoms with Crippen LogP contribution in [-0.4, -0.2) is 24.5 Å². The Hall–Kier alpha value is -0.540. The molecule has 0 spiro atoms. The van der Waals surface area contributed by atoms with Crippen LogP contribution in [0.25, 0.3) is 9.69 Å². The van der Waals surface area contributed by atoms with Crippen molar-refractivity contribution in [1.29, 1.82) is 0 Å². The van der Waals surface area contributed by atoms with Crippen molar-refractivity contribution < 1.29 is 42.5 Å². The Morgan fingerprint density at radius 3 is 2.37 bits per heavy atom. The summed E-state index contributed by atoms with van der Waals surface area (Å²) in [6.45, 7) is 13.8. The molecule has 0 amide bonds. The number of rotatable bonds is 5. The fraction of sp³-hybridized carbons (Fsp3) is 0.273. The van der Waals surface area contributed by atoms with E-state index in [-0.39, 0.29) is 47.4 Å². The minimum atomic E-state index is -4.15. The molecule has 0 aromatic heterocycles. The third-order valence-corrected chi connectivity index (χ3v) is 3.86. The monoisotopic (exact) mass is 304 g/mol. The average molecular weight is 304 g/mol. The van der Waals surface area contributed by atoms with Gasteiger partial charge in [0.1, 0.15) is 0 Å². The molecule has 0 atom stereocenters. The second kappa shape index (κ2) is 8.60. The first-order valence-corrected chi connectivity index (χ1v) is 7.48. The van der Waals surface area contributed by atoms with Crippen LogP contribution >= 0.6 is 11.8 Å². The first-order chi connectivity index (χ1) is 8.46. The van der Waals surface area contributed by atoms with Gasteiger partial charge in [0.25, 0.3) is 0 Å². The van der Waals surface area contributed by atoms with Crippen LogP contribution in [-0.2, 0) is 10.1 Å². The van der Waals surface area contributed by atoms with E-state index in [0.717, 1.165) is 4.90 Å². The largest absolute Gasteiger partial charge is 1.00 e. The molecule has 0 saturated carbocycles. The molecular weight excluding hydrogens is 295 g/mol. The predicted molar refractivity (Wildman–Crippen MR) is 68.9 cm³/mol. The van der Waals surface area contributed by atoms with Crippen LogP contribution in [0.1, 0.15) is 6.42 Å². The summed E-state index contributed by atoms with van der Waals surface area (Å²) in [6.07, 6.45) is 0.272. The number of hydrogen-bond donors (Lipinski definition) is 0. The molecule has 0 aliphatic heterocycles. The van der Waals surface area contributed by atoms with Crippen molar-refractivity contribution >= 4 is 33.3 Å². The van der Waals surface area contributed by atoms with Gasteiger partial charge in [0.15, 0.2) is 11.4 Å². The van der Waals surface area contributed by atoms with Crippen molar-refractivity contribution in [3.8, 4) is 0 Å². The van der Waals surface area contributed by atoms with Gasteiger partial charge in [0.05, 0.1) is 23.3 Å². The number of nitrogens with zero attached hydrogens (tertiary/aromatic N) is 2. The van der Waals surface area contributed by atoms with Crippen molar-refractivity contribution in [2.75, 3.05) is 11.5 Å². The summed E-state index contributed by atoms with van der Waals surface area (Å²) in [4.78, 5) is 7.25. The van der Waals surface area contributed by atoms with E-state index in [1.165, 1.54) is 11.8 Å². The van der Waals surface area contributed by atoms with E-state index < -0.39 is 10.1 Å². The van der Waals surface area contributed by atoms with Gasteiger partial charge in [-0.1, -0.05) is 18.2 Å². The Kier molecular flexibility index (Phi) is 8.35. The van der Waals surface area contributed by atoms with Crippen molar-refractivity contribution in [3.63, 3.8) is 0 Å². The summed E-state index contributed by atoms with van der Waals surface area (Å²) < 4.78 is 31.2. The second-order valence-electron chi connectivity index (χ2n) is 3.34. The van der Waals surface area contributed by atoms with Crippen LogP contribution in [0.2, 0.25) is 0 Å². The first-order valence-electron chi connectivity index (χ1n) is 4.91. The third kappa shape index (κ3) is 6.98. The molecule has 0 aliphatic rings. The Balaban J connectivity index is 0.00000324. The molecule has 0 fully saturated rings. The molecule has 0 heterocycles. The maximum absolute atomic E-state index is 10.4. The van der Waals surface area contributed by atoms with Crippen LogP contribution in [0.5, 0.6) is 0 Å². The number of thioether (sulfide) groups is 1. The smallest absolute Gasteiger partial charge is 0.748 e. The van der Waals surface area contributed by atoms with E-state index in [4.69, 9.17) is 13.1 Å². The van der Waals surface area contributed by atoms with E-state index in [0.29, 0.717) is 11.4 Å². The van der Waals surface area contributed by atoms with Gasteiger partial charge in [-0.25, -0.2) is 8.42 Å². The van der Waals surface area contributed by atoms with Crippen LogP contribution < -0.4 is 29.6 Å². The molecule has 0 radical (unpaired) electrons. The number of benzene rings is 1. The predicted octanol–water partition coefficient (Wildman–Crippen LogP) is -0.180. The molecule has 1 aromatic carbocycles. The van der Waals surface area contributed by atoms with Gasteiger partial charge in [-0.05, 0) is 17.1 Å². The molecule has 1 rings (SSSR count). The van der Waals surface area contributed by atoms with E-state index in [1.807, 2.05) is 0 Å². The van der Waals surface area contributed by atoms with Gasteiger partial charge in [-0.2, -0.15) is 0 Å².